The second-order valence-electron chi connectivity index (χ2n) is 5.95. The Morgan fingerprint density at radius 3 is 2.60 bits per heavy atom. The number of guanidine groups is 1. The van der Waals surface area contributed by atoms with Gasteiger partial charge in [0.25, 0.3) is 0 Å². The summed E-state index contributed by atoms with van der Waals surface area (Å²) >= 11 is 6.32. The van der Waals surface area contributed by atoms with Gasteiger partial charge in [0.05, 0.1) is 18.7 Å². The van der Waals surface area contributed by atoms with Gasteiger partial charge in [0.1, 0.15) is 0 Å². The van der Waals surface area contributed by atoms with Crippen LogP contribution in [0.25, 0.3) is 0 Å². The zero-order valence-corrected chi connectivity index (χ0v) is 18.3. The molecule has 0 aromatic heterocycles. The van der Waals surface area contributed by atoms with Gasteiger partial charge in [-0.05, 0) is 37.5 Å². The second-order valence-corrected chi connectivity index (χ2v) is 6.35. The average Bonchev–Trinajstić information content (AvgIpc) is 2.61. The molecule has 0 amide bonds. The number of nitrogens with zero attached hydrogens (tertiary/aromatic N) is 1. The summed E-state index contributed by atoms with van der Waals surface area (Å²) in [5, 5.41) is 7.41. The molecular weight excluding hydrogens is 453 g/mol. The van der Waals surface area contributed by atoms with Crippen molar-refractivity contribution in [2.75, 3.05) is 20.8 Å². The maximum Gasteiger partial charge on any atom is 0.191 e. The van der Waals surface area contributed by atoms with Crippen LogP contribution in [0.5, 0.6) is 11.5 Å². The fraction of sp³-hybridized carbons (Fsp3) is 0.611. The lowest BCUT2D eigenvalue weighted by molar-refractivity contribution is 0.311. The van der Waals surface area contributed by atoms with E-state index >= 15 is 0 Å². The lowest BCUT2D eigenvalue weighted by Crippen LogP contribution is -2.43. The SMILES string of the molecule is CCOc1c(Cl)cc(CNC(=NC)NC2CCCCC2)cc1OC.I. The Labute approximate surface area is 172 Å². The van der Waals surface area contributed by atoms with E-state index in [0.29, 0.717) is 35.7 Å². The number of aliphatic imine (C=N–C) groups is 1. The Balaban J connectivity index is 0.00000312. The summed E-state index contributed by atoms with van der Waals surface area (Å²) in [5.41, 5.74) is 1.02. The maximum atomic E-state index is 6.32. The molecule has 7 heteroatoms. The maximum absolute atomic E-state index is 6.32. The van der Waals surface area contributed by atoms with E-state index in [4.69, 9.17) is 21.1 Å². The van der Waals surface area contributed by atoms with E-state index in [0.717, 1.165) is 11.5 Å². The molecule has 0 heterocycles. The van der Waals surface area contributed by atoms with E-state index in [1.54, 1.807) is 14.2 Å². The third-order valence-corrected chi connectivity index (χ3v) is 4.49. The van der Waals surface area contributed by atoms with Gasteiger partial charge >= 0.3 is 0 Å². The van der Waals surface area contributed by atoms with Crippen molar-refractivity contribution in [1.29, 1.82) is 0 Å². The van der Waals surface area contributed by atoms with Gasteiger partial charge in [0.2, 0.25) is 0 Å². The minimum atomic E-state index is 0. The third kappa shape index (κ3) is 6.73. The number of hydrogen-bond donors (Lipinski definition) is 2. The van der Waals surface area contributed by atoms with E-state index in [-0.39, 0.29) is 24.0 Å². The van der Waals surface area contributed by atoms with Gasteiger partial charge in [-0.1, -0.05) is 30.9 Å². The van der Waals surface area contributed by atoms with Crippen molar-refractivity contribution >= 4 is 41.5 Å². The van der Waals surface area contributed by atoms with Crippen LogP contribution in [0.15, 0.2) is 17.1 Å². The smallest absolute Gasteiger partial charge is 0.191 e. The molecule has 0 saturated heterocycles. The number of hydrogen-bond acceptors (Lipinski definition) is 3. The first-order valence-corrected chi connectivity index (χ1v) is 9.02. The van der Waals surface area contributed by atoms with Gasteiger partial charge in [0, 0.05) is 19.6 Å². The molecule has 5 nitrogen and oxygen atoms in total. The number of rotatable bonds is 6. The summed E-state index contributed by atoms with van der Waals surface area (Å²) < 4.78 is 10.9. The predicted octanol–water partition coefficient (Wildman–Crippen LogP) is 4.36. The first kappa shape index (κ1) is 22.2. The van der Waals surface area contributed by atoms with Crippen molar-refractivity contribution in [3.63, 3.8) is 0 Å². The van der Waals surface area contributed by atoms with Crippen LogP contribution < -0.4 is 20.1 Å². The molecule has 0 spiro atoms. The number of halogens is 2. The molecule has 1 aliphatic rings. The molecule has 1 aliphatic carbocycles. The fourth-order valence-corrected chi connectivity index (χ4v) is 3.27. The van der Waals surface area contributed by atoms with Gasteiger partial charge in [-0.3, -0.25) is 4.99 Å². The molecule has 1 saturated carbocycles. The molecule has 1 aromatic rings. The number of nitrogens with one attached hydrogen (secondary N) is 2. The van der Waals surface area contributed by atoms with Gasteiger partial charge in [0.15, 0.2) is 17.5 Å². The van der Waals surface area contributed by atoms with E-state index in [1.165, 1.54) is 32.1 Å². The average molecular weight is 482 g/mol. The van der Waals surface area contributed by atoms with Crippen molar-refractivity contribution in [2.24, 2.45) is 4.99 Å². The largest absolute Gasteiger partial charge is 0.493 e. The molecule has 2 N–H and O–H groups in total. The molecule has 0 unspecified atom stereocenters. The second kappa shape index (κ2) is 11.7. The first-order chi connectivity index (χ1) is 11.7. The summed E-state index contributed by atoms with van der Waals surface area (Å²) in [6.45, 7) is 3.09. The van der Waals surface area contributed by atoms with Crippen LogP contribution >= 0.6 is 35.6 Å². The Bertz CT molecular complexity index is 563. The van der Waals surface area contributed by atoms with Crippen molar-refractivity contribution in [2.45, 2.75) is 51.6 Å². The molecule has 1 fully saturated rings. The number of benzene rings is 1. The zero-order valence-electron chi connectivity index (χ0n) is 15.2. The number of ether oxygens (including phenoxy) is 2. The number of methoxy groups -OCH3 is 1. The summed E-state index contributed by atoms with van der Waals surface area (Å²) in [5.74, 6) is 2.07. The van der Waals surface area contributed by atoms with Gasteiger partial charge in [-0.25, -0.2) is 0 Å². The zero-order chi connectivity index (χ0) is 17.4. The molecule has 0 atom stereocenters. The van der Waals surface area contributed by atoms with Crippen LogP contribution in [0, 0.1) is 0 Å². The standard InChI is InChI=1S/C18H28ClN3O2.HI/c1-4-24-17-15(19)10-13(11-16(17)23-3)12-21-18(20-2)22-14-8-6-5-7-9-14;/h10-11,14H,4-9,12H2,1-3H3,(H2,20,21,22);1H. The van der Waals surface area contributed by atoms with Crippen LogP contribution in [0.4, 0.5) is 0 Å². The summed E-state index contributed by atoms with van der Waals surface area (Å²) in [7, 11) is 3.42. The molecule has 0 radical (unpaired) electrons. The lowest BCUT2D eigenvalue weighted by Gasteiger charge is -2.25. The van der Waals surface area contributed by atoms with E-state index < -0.39 is 0 Å². The third-order valence-electron chi connectivity index (χ3n) is 4.21. The van der Waals surface area contributed by atoms with Crippen molar-refractivity contribution < 1.29 is 9.47 Å². The Hall–Kier alpha value is -0.890. The molecule has 142 valence electrons. The van der Waals surface area contributed by atoms with Crippen LogP contribution in [-0.4, -0.2) is 32.8 Å². The Kier molecular flexibility index (Phi) is 10.3. The molecule has 0 aliphatic heterocycles. The molecule has 2 rings (SSSR count). The predicted molar refractivity (Wildman–Crippen MR) is 115 cm³/mol. The van der Waals surface area contributed by atoms with Crippen LogP contribution in [0.2, 0.25) is 5.02 Å². The van der Waals surface area contributed by atoms with E-state index in [2.05, 4.69) is 15.6 Å². The quantitative estimate of drug-likeness (QED) is 0.360. The first-order valence-electron chi connectivity index (χ1n) is 8.64. The van der Waals surface area contributed by atoms with Crippen molar-refractivity contribution in [3.05, 3.63) is 22.7 Å². The van der Waals surface area contributed by atoms with Crippen LogP contribution in [0.1, 0.15) is 44.6 Å². The lowest BCUT2D eigenvalue weighted by atomic mass is 9.96. The molecule has 0 bridgehead atoms. The van der Waals surface area contributed by atoms with Crippen molar-refractivity contribution in [1.82, 2.24) is 10.6 Å². The topological polar surface area (TPSA) is 54.9 Å². The van der Waals surface area contributed by atoms with Crippen LogP contribution in [-0.2, 0) is 6.54 Å². The van der Waals surface area contributed by atoms with Crippen molar-refractivity contribution in [3.8, 4) is 11.5 Å². The highest BCUT2D eigenvalue weighted by Gasteiger charge is 2.15. The minimum Gasteiger partial charge on any atom is -0.493 e. The summed E-state index contributed by atoms with van der Waals surface area (Å²) in [6.07, 6.45) is 6.35. The fourth-order valence-electron chi connectivity index (χ4n) is 2.98. The minimum absolute atomic E-state index is 0. The summed E-state index contributed by atoms with van der Waals surface area (Å²) in [6, 6.07) is 4.36. The molecular formula is C18H29ClIN3O2. The Morgan fingerprint density at radius 2 is 2.00 bits per heavy atom. The van der Waals surface area contributed by atoms with Crippen LogP contribution in [0.3, 0.4) is 0 Å². The highest BCUT2D eigenvalue weighted by atomic mass is 127. The Morgan fingerprint density at radius 1 is 1.28 bits per heavy atom. The molecule has 1 aromatic carbocycles. The van der Waals surface area contributed by atoms with Gasteiger partial charge in [-0.15, -0.1) is 24.0 Å². The van der Waals surface area contributed by atoms with E-state index in [1.807, 2.05) is 19.1 Å². The normalized spacial score (nSPS) is 15.3. The van der Waals surface area contributed by atoms with E-state index in [9.17, 15) is 0 Å². The summed E-state index contributed by atoms with van der Waals surface area (Å²) in [4.78, 5) is 4.31. The monoisotopic (exact) mass is 481 g/mol. The highest BCUT2D eigenvalue weighted by molar-refractivity contribution is 14.0. The van der Waals surface area contributed by atoms with Gasteiger partial charge < -0.3 is 20.1 Å². The molecule has 25 heavy (non-hydrogen) atoms. The highest BCUT2D eigenvalue weighted by Crippen LogP contribution is 2.36. The van der Waals surface area contributed by atoms with Gasteiger partial charge in [-0.2, -0.15) is 0 Å².